The molecular weight excluding hydrogens is 457 g/mol. The second-order valence-corrected chi connectivity index (χ2v) is 6.18. The van der Waals surface area contributed by atoms with E-state index in [4.69, 9.17) is 19.9 Å². The Morgan fingerprint density at radius 1 is 0.963 bits per heavy atom. The number of hydrogen-bond donors (Lipinski definition) is 2. The molecule has 2 aromatic rings. The number of halogens is 1. The number of anilines is 1. The van der Waals surface area contributed by atoms with Crippen molar-refractivity contribution in [1.29, 1.82) is 0 Å². The first-order valence-corrected chi connectivity index (χ1v) is 8.62. The maximum absolute atomic E-state index is 6.06. The van der Waals surface area contributed by atoms with Gasteiger partial charge in [0.05, 0.1) is 27.9 Å². The zero-order valence-electron chi connectivity index (χ0n) is 15.9. The van der Waals surface area contributed by atoms with Crippen molar-refractivity contribution in [2.75, 3.05) is 26.6 Å². The van der Waals surface area contributed by atoms with Crippen LogP contribution in [0.1, 0.15) is 23.1 Å². The molecule has 0 heterocycles. The summed E-state index contributed by atoms with van der Waals surface area (Å²) < 4.78 is 16.1. The van der Waals surface area contributed by atoms with E-state index in [9.17, 15) is 0 Å². The number of methoxy groups -OCH3 is 3. The largest absolute Gasteiger partial charge is 0.496 e. The number of nitrogens with two attached hydrogens (primary N) is 1. The van der Waals surface area contributed by atoms with Crippen LogP contribution in [0.15, 0.2) is 35.3 Å². The minimum Gasteiger partial charge on any atom is -0.496 e. The van der Waals surface area contributed by atoms with Crippen LogP contribution >= 0.6 is 24.0 Å². The number of nitrogens with zero attached hydrogens (tertiary/aromatic N) is 1. The number of aryl methyl sites for hydroxylation is 2. The minimum absolute atomic E-state index is 0. The fourth-order valence-electron chi connectivity index (χ4n) is 3.22. The molecule has 6 nitrogen and oxygen atoms in total. The lowest BCUT2D eigenvalue weighted by atomic mass is 10.1. The molecule has 7 heteroatoms. The van der Waals surface area contributed by atoms with E-state index >= 15 is 0 Å². The molecule has 0 aromatic heterocycles. The number of benzene rings is 2. The summed E-state index contributed by atoms with van der Waals surface area (Å²) in [5.41, 5.74) is 10.7. The van der Waals surface area contributed by atoms with E-state index in [2.05, 4.69) is 22.4 Å². The second-order valence-electron chi connectivity index (χ2n) is 6.18. The van der Waals surface area contributed by atoms with Crippen molar-refractivity contribution in [3.63, 3.8) is 0 Å². The summed E-state index contributed by atoms with van der Waals surface area (Å²) in [6, 6.07) is 10.00. The van der Waals surface area contributed by atoms with Crippen LogP contribution in [0.5, 0.6) is 17.2 Å². The molecule has 0 fully saturated rings. The van der Waals surface area contributed by atoms with Gasteiger partial charge < -0.3 is 25.3 Å². The van der Waals surface area contributed by atoms with Gasteiger partial charge in [-0.1, -0.05) is 6.07 Å². The number of rotatable bonds is 6. The molecule has 0 amide bonds. The highest BCUT2D eigenvalue weighted by Gasteiger charge is 2.13. The van der Waals surface area contributed by atoms with Crippen molar-refractivity contribution in [1.82, 2.24) is 0 Å². The van der Waals surface area contributed by atoms with E-state index in [0.29, 0.717) is 29.8 Å². The monoisotopic (exact) mass is 483 g/mol. The number of aliphatic imine (C=N–C) groups is 1. The summed E-state index contributed by atoms with van der Waals surface area (Å²) in [6.07, 6.45) is 3.52. The van der Waals surface area contributed by atoms with E-state index in [-0.39, 0.29) is 24.0 Å². The number of hydrogen-bond acceptors (Lipinski definition) is 4. The maximum Gasteiger partial charge on any atom is 0.193 e. The van der Waals surface area contributed by atoms with Gasteiger partial charge in [-0.2, -0.15) is 0 Å². The molecule has 1 aliphatic rings. The van der Waals surface area contributed by atoms with Gasteiger partial charge in [0.15, 0.2) is 17.5 Å². The maximum atomic E-state index is 6.06. The Labute approximate surface area is 177 Å². The van der Waals surface area contributed by atoms with Gasteiger partial charge in [0.2, 0.25) is 0 Å². The molecule has 146 valence electrons. The van der Waals surface area contributed by atoms with E-state index in [1.165, 1.54) is 17.5 Å². The number of guanidine groups is 1. The van der Waals surface area contributed by atoms with Crippen LogP contribution in [0.4, 0.5) is 5.69 Å². The lowest BCUT2D eigenvalue weighted by Gasteiger charge is -2.13. The predicted octanol–water partition coefficient (Wildman–Crippen LogP) is 3.75. The lowest BCUT2D eigenvalue weighted by Crippen LogP contribution is -2.22. The SMILES string of the molecule is COc1cc(OC)c(OC)cc1CN=C(N)Nc1ccc2c(c1)CCC2.I. The normalized spacial score (nSPS) is 12.8. The summed E-state index contributed by atoms with van der Waals surface area (Å²) in [5.74, 6) is 2.28. The van der Waals surface area contributed by atoms with Gasteiger partial charge in [-0.3, -0.25) is 0 Å². The topological polar surface area (TPSA) is 78.1 Å². The lowest BCUT2D eigenvalue weighted by molar-refractivity contribution is 0.347. The third-order valence-corrected chi connectivity index (χ3v) is 4.58. The molecule has 0 spiro atoms. The molecule has 0 aliphatic heterocycles. The Kier molecular flexibility index (Phi) is 7.58. The first-order chi connectivity index (χ1) is 12.6. The van der Waals surface area contributed by atoms with Crippen LogP contribution in [0.3, 0.4) is 0 Å². The third-order valence-electron chi connectivity index (χ3n) is 4.58. The number of nitrogens with one attached hydrogen (secondary N) is 1. The van der Waals surface area contributed by atoms with Gasteiger partial charge in [-0.25, -0.2) is 4.99 Å². The van der Waals surface area contributed by atoms with Crippen LogP contribution in [0.25, 0.3) is 0 Å². The van der Waals surface area contributed by atoms with Crippen molar-refractivity contribution < 1.29 is 14.2 Å². The Balaban J connectivity index is 0.00000261. The van der Waals surface area contributed by atoms with E-state index < -0.39 is 0 Å². The molecule has 0 bridgehead atoms. The summed E-state index contributed by atoms with van der Waals surface area (Å²) in [4.78, 5) is 4.43. The summed E-state index contributed by atoms with van der Waals surface area (Å²) in [7, 11) is 4.80. The third kappa shape index (κ3) is 4.97. The minimum atomic E-state index is 0. The summed E-state index contributed by atoms with van der Waals surface area (Å²) >= 11 is 0. The molecular formula is C20H26IN3O3. The predicted molar refractivity (Wildman–Crippen MR) is 119 cm³/mol. The molecule has 3 N–H and O–H groups in total. The summed E-state index contributed by atoms with van der Waals surface area (Å²) in [6.45, 7) is 0.368. The number of fused-ring (bicyclic) bond motifs is 1. The Morgan fingerprint density at radius 2 is 1.63 bits per heavy atom. The van der Waals surface area contributed by atoms with Crippen LogP contribution in [0, 0.1) is 0 Å². The van der Waals surface area contributed by atoms with Crippen molar-refractivity contribution in [2.45, 2.75) is 25.8 Å². The Hall–Kier alpha value is -2.16. The van der Waals surface area contributed by atoms with E-state index in [1.807, 2.05) is 12.1 Å². The van der Waals surface area contributed by atoms with Gasteiger partial charge in [0, 0.05) is 17.3 Å². The van der Waals surface area contributed by atoms with Crippen molar-refractivity contribution in [3.8, 4) is 17.2 Å². The van der Waals surface area contributed by atoms with Gasteiger partial charge in [0.1, 0.15) is 5.75 Å². The highest BCUT2D eigenvalue weighted by atomic mass is 127. The molecule has 1 aliphatic carbocycles. The standard InChI is InChI=1S/C20H25N3O3.HI/c1-24-17-11-19(26-3)18(25-2)10-15(17)12-22-20(21)23-16-8-7-13-5-4-6-14(13)9-16;/h7-11H,4-6,12H2,1-3H3,(H3,21,22,23);1H. The van der Waals surface area contributed by atoms with Gasteiger partial charge in [0.25, 0.3) is 0 Å². The molecule has 0 saturated carbocycles. The Bertz CT molecular complexity index is 824. The fourth-order valence-corrected chi connectivity index (χ4v) is 3.22. The molecule has 27 heavy (non-hydrogen) atoms. The summed E-state index contributed by atoms with van der Waals surface area (Å²) in [5, 5.41) is 3.16. The highest BCUT2D eigenvalue weighted by molar-refractivity contribution is 14.0. The van der Waals surface area contributed by atoms with Crippen molar-refractivity contribution in [2.24, 2.45) is 10.7 Å². The smallest absolute Gasteiger partial charge is 0.193 e. The van der Waals surface area contributed by atoms with Crippen LogP contribution in [0.2, 0.25) is 0 Å². The van der Waals surface area contributed by atoms with Crippen LogP contribution in [-0.2, 0) is 19.4 Å². The average molecular weight is 483 g/mol. The van der Waals surface area contributed by atoms with Gasteiger partial charge >= 0.3 is 0 Å². The second kappa shape index (κ2) is 9.68. The molecule has 0 saturated heterocycles. The molecule has 2 aromatic carbocycles. The van der Waals surface area contributed by atoms with Gasteiger partial charge in [-0.05, 0) is 48.6 Å². The number of ether oxygens (including phenoxy) is 3. The van der Waals surface area contributed by atoms with Crippen LogP contribution in [-0.4, -0.2) is 27.3 Å². The zero-order valence-corrected chi connectivity index (χ0v) is 18.2. The average Bonchev–Trinajstić information content (AvgIpc) is 3.13. The zero-order chi connectivity index (χ0) is 18.5. The van der Waals surface area contributed by atoms with Crippen molar-refractivity contribution in [3.05, 3.63) is 47.0 Å². The van der Waals surface area contributed by atoms with E-state index in [0.717, 1.165) is 24.1 Å². The highest BCUT2D eigenvalue weighted by Crippen LogP contribution is 2.35. The fraction of sp³-hybridized carbons (Fsp3) is 0.350. The molecule has 0 unspecified atom stereocenters. The van der Waals surface area contributed by atoms with Crippen LogP contribution < -0.4 is 25.3 Å². The quantitative estimate of drug-likeness (QED) is 0.372. The van der Waals surface area contributed by atoms with Crippen molar-refractivity contribution >= 4 is 35.6 Å². The van der Waals surface area contributed by atoms with E-state index in [1.54, 1.807) is 27.4 Å². The first kappa shape index (κ1) is 21.1. The molecule has 0 atom stereocenters. The molecule has 3 rings (SSSR count). The Morgan fingerprint density at radius 3 is 2.33 bits per heavy atom. The first-order valence-electron chi connectivity index (χ1n) is 8.62. The molecule has 0 radical (unpaired) electrons. The van der Waals surface area contributed by atoms with Gasteiger partial charge in [-0.15, -0.1) is 24.0 Å².